The van der Waals surface area contributed by atoms with Gasteiger partial charge in [-0.3, -0.25) is 4.79 Å². The molecule has 1 aromatic heterocycles. The number of rotatable bonds is 7. The van der Waals surface area contributed by atoms with Crippen molar-refractivity contribution in [1.29, 1.82) is 0 Å². The zero-order valence-corrected chi connectivity index (χ0v) is 14.4. The molecule has 0 fully saturated rings. The summed E-state index contributed by atoms with van der Waals surface area (Å²) in [4.78, 5) is 12.0. The van der Waals surface area contributed by atoms with Crippen LogP contribution >= 0.6 is 34.9 Å². The molecule has 1 amide bonds. The second-order valence-electron chi connectivity index (χ2n) is 4.32. The van der Waals surface area contributed by atoms with Gasteiger partial charge in [0.2, 0.25) is 5.91 Å². The summed E-state index contributed by atoms with van der Waals surface area (Å²) in [6.45, 7) is 2.54. The molecule has 0 aliphatic rings. The van der Waals surface area contributed by atoms with Crippen LogP contribution in [0.15, 0.2) is 39.0 Å². The summed E-state index contributed by atoms with van der Waals surface area (Å²) in [6.07, 6.45) is 2.81. The molecule has 1 N–H and O–H groups in total. The number of carbonyl (C=O) groups is 1. The number of hydrogen-bond acceptors (Lipinski definition) is 6. The van der Waals surface area contributed by atoms with Crippen LogP contribution in [0, 0.1) is 0 Å². The van der Waals surface area contributed by atoms with E-state index in [2.05, 4.69) is 27.6 Å². The van der Waals surface area contributed by atoms with E-state index in [1.807, 2.05) is 31.4 Å². The standard InChI is InChI=1S/C14H17N3OS3/c1-10(20-14-17-16-13(19-2)21-14)12(18)15-9-8-11-6-4-3-5-7-11/h3-7,10H,8-9H2,1-2H3,(H,15,18). The molecule has 2 aromatic rings. The fourth-order valence-corrected chi connectivity index (χ4v) is 4.26. The average Bonchev–Trinajstić information content (AvgIpc) is 2.96. The van der Waals surface area contributed by atoms with Crippen molar-refractivity contribution in [3.8, 4) is 0 Å². The number of amides is 1. The molecule has 1 atom stereocenters. The quantitative estimate of drug-likeness (QED) is 0.786. The Bertz CT molecular complexity index is 574. The van der Waals surface area contributed by atoms with Gasteiger partial charge in [-0.1, -0.05) is 65.2 Å². The van der Waals surface area contributed by atoms with Gasteiger partial charge in [0.25, 0.3) is 0 Å². The number of hydrogen-bond donors (Lipinski definition) is 1. The summed E-state index contributed by atoms with van der Waals surface area (Å²) in [6, 6.07) is 10.1. The molecule has 1 aromatic carbocycles. The third-order valence-electron chi connectivity index (χ3n) is 2.77. The highest BCUT2D eigenvalue weighted by molar-refractivity contribution is 8.03. The van der Waals surface area contributed by atoms with Crippen LogP contribution in [0.4, 0.5) is 0 Å². The molecule has 21 heavy (non-hydrogen) atoms. The van der Waals surface area contributed by atoms with E-state index in [-0.39, 0.29) is 11.2 Å². The van der Waals surface area contributed by atoms with E-state index < -0.39 is 0 Å². The molecule has 0 aliphatic carbocycles. The van der Waals surface area contributed by atoms with Gasteiger partial charge in [-0.25, -0.2) is 0 Å². The predicted molar refractivity (Wildman–Crippen MR) is 90.2 cm³/mol. The Morgan fingerprint density at radius 1 is 1.29 bits per heavy atom. The normalized spacial score (nSPS) is 12.1. The van der Waals surface area contributed by atoms with E-state index in [0.717, 1.165) is 15.1 Å². The molecule has 2 rings (SSSR count). The van der Waals surface area contributed by atoms with Crippen molar-refractivity contribution in [1.82, 2.24) is 15.5 Å². The van der Waals surface area contributed by atoms with Crippen molar-refractivity contribution < 1.29 is 4.79 Å². The van der Waals surface area contributed by atoms with E-state index in [1.54, 1.807) is 11.8 Å². The SMILES string of the molecule is CSc1nnc(SC(C)C(=O)NCCc2ccccc2)s1. The Hall–Kier alpha value is -1.05. The lowest BCUT2D eigenvalue weighted by molar-refractivity contribution is -0.120. The number of thioether (sulfide) groups is 2. The number of aromatic nitrogens is 2. The van der Waals surface area contributed by atoms with Crippen LogP contribution in [0.25, 0.3) is 0 Å². The van der Waals surface area contributed by atoms with E-state index in [1.165, 1.54) is 28.7 Å². The second-order valence-corrected chi connectivity index (χ2v) is 7.94. The van der Waals surface area contributed by atoms with Gasteiger partial charge in [0.05, 0.1) is 5.25 Å². The van der Waals surface area contributed by atoms with Crippen molar-refractivity contribution in [3.63, 3.8) is 0 Å². The van der Waals surface area contributed by atoms with E-state index in [9.17, 15) is 4.79 Å². The van der Waals surface area contributed by atoms with Crippen LogP contribution in [-0.4, -0.2) is 34.2 Å². The van der Waals surface area contributed by atoms with Crippen molar-refractivity contribution >= 4 is 40.8 Å². The van der Waals surface area contributed by atoms with Crippen LogP contribution in [0.2, 0.25) is 0 Å². The lowest BCUT2D eigenvalue weighted by Crippen LogP contribution is -2.32. The van der Waals surface area contributed by atoms with Crippen LogP contribution in [-0.2, 0) is 11.2 Å². The Kier molecular flexibility index (Phi) is 6.53. The fraction of sp³-hybridized carbons (Fsp3) is 0.357. The van der Waals surface area contributed by atoms with Gasteiger partial charge >= 0.3 is 0 Å². The summed E-state index contributed by atoms with van der Waals surface area (Å²) >= 11 is 4.54. The minimum Gasteiger partial charge on any atom is -0.355 e. The largest absolute Gasteiger partial charge is 0.355 e. The third kappa shape index (κ3) is 5.33. The zero-order valence-electron chi connectivity index (χ0n) is 11.9. The van der Waals surface area contributed by atoms with Gasteiger partial charge < -0.3 is 5.32 Å². The highest BCUT2D eigenvalue weighted by Gasteiger charge is 2.16. The minimum atomic E-state index is -0.163. The Morgan fingerprint density at radius 2 is 2.00 bits per heavy atom. The van der Waals surface area contributed by atoms with Crippen LogP contribution in [0.1, 0.15) is 12.5 Å². The zero-order chi connectivity index (χ0) is 15.1. The maximum atomic E-state index is 12.0. The van der Waals surface area contributed by atoms with Gasteiger partial charge in [-0.2, -0.15) is 0 Å². The highest BCUT2D eigenvalue weighted by Crippen LogP contribution is 2.30. The first-order valence-electron chi connectivity index (χ1n) is 6.55. The third-order valence-corrected chi connectivity index (χ3v) is 5.85. The number of carbonyl (C=O) groups excluding carboxylic acids is 1. The molecule has 1 unspecified atom stereocenters. The van der Waals surface area contributed by atoms with Crippen molar-refractivity contribution in [2.24, 2.45) is 0 Å². The smallest absolute Gasteiger partial charge is 0.233 e. The number of nitrogens with one attached hydrogen (secondary N) is 1. The summed E-state index contributed by atoms with van der Waals surface area (Å²) < 4.78 is 1.76. The van der Waals surface area contributed by atoms with Crippen molar-refractivity contribution in [2.75, 3.05) is 12.8 Å². The molecule has 0 bridgehead atoms. The Morgan fingerprint density at radius 3 is 2.67 bits per heavy atom. The first kappa shape index (κ1) is 16.3. The molecular weight excluding hydrogens is 322 g/mol. The summed E-state index contributed by atoms with van der Waals surface area (Å²) in [7, 11) is 0. The molecule has 112 valence electrons. The first-order chi connectivity index (χ1) is 10.2. The maximum absolute atomic E-state index is 12.0. The molecule has 0 radical (unpaired) electrons. The van der Waals surface area contributed by atoms with Crippen LogP contribution < -0.4 is 5.32 Å². The lowest BCUT2D eigenvalue weighted by Gasteiger charge is -2.10. The molecule has 1 heterocycles. The van der Waals surface area contributed by atoms with Gasteiger partial charge in [-0.15, -0.1) is 10.2 Å². The Labute approximate surface area is 137 Å². The highest BCUT2D eigenvalue weighted by atomic mass is 32.2. The van der Waals surface area contributed by atoms with Gasteiger partial charge in [0.15, 0.2) is 8.68 Å². The van der Waals surface area contributed by atoms with E-state index in [4.69, 9.17) is 0 Å². The monoisotopic (exact) mass is 339 g/mol. The van der Waals surface area contributed by atoms with E-state index >= 15 is 0 Å². The molecule has 0 saturated heterocycles. The summed E-state index contributed by atoms with van der Waals surface area (Å²) in [5.41, 5.74) is 1.23. The van der Waals surface area contributed by atoms with Crippen LogP contribution in [0.5, 0.6) is 0 Å². The molecule has 0 aliphatic heterocycles. The summed E-state index contributed by atoms with van der Waals surface area (Å²) in [5, 5.41) is 10.9. The number of benzene rings is 1. The molecule has 0 saturated carbocycles. The Balaban J connectivity index is 1.74. The molecule has 4 nitrogen and oxygen atoms in total. The van der Waals surface area contributed by atoms with Gasteiger partial charge in [0.1, 0.15) is 0 Å². The maximum Gasteiger partial charge on any atom is 0.233 e. The topological polar surface area (TPSA) is 54.9 Å². The number of nitrogens with zero attached hydrogens (tertiary/aromatic N) is 2. The lowest BCUT2D eigenvalue weighted by atomic mass is 10.1. The summed E-state index contributed by atoms with van der Waals surface area (Å²) in [5.74, 6) is 0.0387. The molecule has 7 heteroatoms. The van der Waals surface area contributed by atoms with Gasteiger partial charge in [0, 0.05) is 6.54 Å². The van der Waals surface area contributed by atoms with Crippen LogP contribution in [0.3, 0.4) is 0 Å². The predicted octanol–water partition coefficient (Wildman–Crippen LogP) is 3.10. The fourth-order valence-electron chi connectivity index (χ4n) is 1.65. The van der Waals surface area contributed by atoms with E-state index in [0.29, 0.717) is 6.54 Å². The minimum absolute atomic E-state index is 0.0387. The molecule has 0 spiro atoms. The first-order valence-corrected chi connectivity index (χ1v) is 9.47. The van der Waals surface area contributed by atoms with Crippen molar-refractivity contribution in [2.45, 2.75) is 27.3 Å². The molecular formula is C14H17N3OS3. The van der Waals surface area contributed by atoms with Gasteiger partial charge in [-0.05, 0) is 25.2 Å². The van der Waals surface area contributed by atoms with Crippen molar-refractivity contribution in [3.05, 3.63) is 35.9 Å². The second kappa shape index (κ2) is 8.41. The average molecular weight is 340 g/mol.